The molecule has 6 heteroatoms. The van der Waals surface area contributed by atoms with E-state index in [2.05, 4.69) is 21.8 Å². The highest BCUT2D eigenvalue weighted by Crippen LogP contribution is 2.32. The number of carboxylic acids is 1. The Labute approximate surface area is 127 Å². The molecule has 5 nitrogen and oxygen atoms in total. The summed E-state index contributed by atoms with van der Waals surface area (Å²) in [5, 5.41) is 10.2. The molecule has 1 aliphatic rings. The van der Waals surface area contributed by atoms with Crippen LogP contribution in [0.1, 0.15) is 39.1 Å². The van der Waals surface area contributed by atoms with Crippen LogP contribution in [0.3, 0.4) is 0 Å². The second-order valence-corrected chi connectivity index (χ2v) is 6.52. The van der Waals surface area contributed by atoms with Gasteiger partial charge in [-0.15, -0.1) is 11.3 Å². The van der Waals surface area contributed by atoms with Crippen LogP contribution in [0.2, 0.25) is 0 Å². The molecule has 2 aromatic heterocycles. The molecule has 0 aliphatic carbocycles. The van der Waals surface area contributed by atoms with Gasteiger partial charge in [0.25, 0.3) is 0 Å². The Morgan fingerprint density at radius 1 is 1.38 bits per heavy atom. The van der Waals surface area contributed by atoms with Crippen molar-refractivity contribution in [1.29, 1.82) is 0 Å². The fraction of sp³-hybridized carbons (Fsp3) is 0.400. The van der Waals surface area contributed by atoms with Crippen molar-refractivity contribution in [3.63, 3.8) is 0 Å². The average molecular weight is 303 g/mol. The van der Waals surface area contributed by atoms with Gasteiger partial charge in [0.15, 0.2) is 5.69 Å². The van der Waals surface area contributed by atoms with Crippen molar-refractivity contribution < 1.29 is 9.90 Å². The van der Waals surface area contributed by atoms with Crippen molar-refractivity contribution in [1.82, 2.24) is 9.97 Å². The number of carboxylic acid groups (broad SMARTS) is 1. The first-order valence-corrected chi connectivity index (χ1v) is 7.83. The Kier molecular flexibility index (Phi) is 3.88. The Balaban J connectivity index is 1.68. The van der Waals surface area contributed by atoms with E-state index in [9.17, 15) is 4.79 Å². The molecule has 1 fully saturated rings. The van der Waals surface area contributed by atoms with E-state index < -0.39 is 5.97 Å². The fourth-order valence-corrected chi connectivity index (χ4v) is 3.58. The summed E-state index contributed by atoms with van der Waals surface area (Å²) in [6.07, 6.45) is 4.00. The van der Waals surface area contributed by atoms with Crippen molar-refractivity contribution in [2.24, 2.45) is 0 Å². The Bertz CT molecular complexity index is 648. The summed E-state index contributed by atoms with van der Waals surface area (Å²) in [6, 6.07) is 5.15. The molecule has 0 spiro atoms. The van der Waals surface area contributed by atoms with Gasteiger partial charge in [-0.05, 0) is 31.9 Å². The van der Waals surface area contributed by atoms with Crippen LogP contribution in [-0.2, 0) is 0 Å². The van der Waals surface area contributed by atoms with Crippen LogP contribution in [0.25, 0.3) is 0 Å². The predicted molar refractivity (Wildman–Crippen MR) is 82.2 cm³/mol. The molecular formula is C15H17N3O2S. The second-order valence-electron chi connectivity index (χ2n) is 5.26. The highest BCUT2D eigenvalue weighted by atomic mass is 32.1. The molecule has 21 heavy (non-hydrogen) atoms. The third-order valence-corrected chi connectivity index (χ3v) is 4.84. The number of rotatable bonds is 3. The number of nitrogens with zero attached hydrogens (tertiary/aromatic N) is 3. The zero-order valence-electron chi connectivity index (χ0n) is 11.8. The number of hydrogen-bond acceptors (Lipinski definition) is 5. The van der Waals surface area contributed by atoms with Crippen LogP contribution in [0.4, 0.5) is 5.82 Å². The topological polar surface area (TPSA) is 66.3 Å². The number of pyridine rings is 1. The lowest BCUT2D eigenvalue weighted by Crippen LogP contribution is -2.33. The van der Waals surface area contributed by atoms with E-state index in [0.29, 0.717) is 5.92 Å². The number of thiazole rings is 1. The number of piperidine rings is 1. The van der Waals surface area contributed by atoms with E-state index >= 15 is 0 Å². The molecule has 3 rings (SSSR count). The first-order valence-electron chi connectivity index (χ1n) is 7.01. The highest BCUT2D eigenvalue weighted by Gasteiger charge is 2.23. The molecule has 1 aliphatic heterocycles. The minimum Gasteiger partial charge on any atom is -0.477 e. The molecule has 0 bridgehead atoms. The SMILES string of the molecule is Cc1cnc(C2CCN(c3cccc(C(=O)O)n3)CC2)s1. The van der Waals surface area contributed by atoms with Crippen LogP contribution in [0.15, 0.2) is 24.4 Å². The standard InChI is InChI=1S/C15H17N3O2S/c1-10-9-16-14(21-10)11-5-7-18(8-6-11)13-4-2-3-12(17-13)15(19)20/h2-4,9,11H,5-8H2,1H3,(H,19,20). The van der Waals surface area contributed by atoms with E-state index in [4.69, 9.17) is 5.11 Å². The van der Waals surface area contributed by atoms with Crippen LogP contribution in [0, 0.1) is 6.92 Å². The molecule has 0 aromatic carbocycles. The summed E-state index contributed by atoms with van der Waals surface area (Å²) in [5.74, 6) is 0.288. The third-order valence-electron chi connectivity index (χ3n) is 3.76. The van der Waals surface area contributed by atoms with E-state index in [-0.39, 0.29) is 5.69 Å². The first-order chi connectivity index (χ1) is 10.1. The van der Waals surface area contributed by atoms with Gasteiger partial charge in [0.1, 0.15) is 5.82 Å². The number of aromatic nitrogens is 2. The summed E-state index contributed by atoms with van der Waals surface area (Å²) >= 11 is 1.77. The lowest BCUT2D eigenvalue weighted by molar-refractivity contribution is 0.0690. The minimum atomic E-state index is -0.981. The summed E-state index contributed by atoms with van der Waals surface area (Å²) < 4.78 is 0. The minimum absolute atomic E-state index is 0.102. The molecule has 0 amide bonds. The number of aromatic carboxylic acids is 1. The van der Waals surface area contributed by atoms with Gasteiger partial charge >= 0.3 is 5.97 Å². The number of anilines is 1. The molecular weight excluding hydrogens is 286 g/mol. The largest absolute Gasteiger partial charge is 0.477 e. The average Bonchev–Trinajstić information content (AvgIpc) is 2.94. The molecule has 3 heterocycles. The maximum Gasteiger partial charge on any atom is 0.354 e. The molecule has 1 N–H and O–H groups in total. The molecule has 0 saturated carbocycles. The smallest absolute Gasteiger partial charge is 0.354 e. The molecule has 2 aromatic rings. The Morgan fingerprint density at radius 2 is 2.14 bits per heavy atom. The molecule has 0 radical (unpaired) electrons. The summed E-state index contributed by atoms with van der Waals surface area (Å²) in [4.78, 5) is 23.1. The molecule has 1 saturated heterocycles. The van der Waals surface area contributed by atoms with Crippen molar-refractivity contribution in [3.05, 3.63) is 40.0 Å². The van der Waals surface area contributed by atoms with Gasteiger partial charge in [-0.1, -0.05) is 6.07 Å². The third kappa shape index (κ3) is 3.05. The maximum absolute atomic E-state index is 11.0. The van der Waals surface area contributed by atoms with Gasteiger partial charge < -0.3 is 10.0 Å². The monoisotopic (exact) mass is 303 g/mol. The van der Waals surface area contributed by atoms with Crippen LogP contribution in [0.5, 0.6) is 0 Å². The van der Waals surface area contributed by atoms with Gasteiger partial charge in [0.2, 0.25) is 0 Å². The number of aryl methyl sites for hydroxylation is 1. The molecule has 110 valence electrons. The zero-order chi connectivity index (χ0) is 14.8. The molecule has 0 atom stereocenters. The summed E-state index contributed by atoms with van der Waals surface area (Å²) in [6.45, 7) is 3.86. The van der Waals surface area contributed by atoms with E-state index in [1.165, 1.54) is 16.0 Å². The van der Waals surface area contributed by atoms with Gasteiger partial charge in [-0.25, -0.2) is 14.8 Å². The predicted octanol–water partition coefficient (Wildman–Crippen LogP) is 2.93. The fourth-order valence-electron chi connectivity index (χ4n) is 2.63. The number of carbonyl (C=O) groups is 1. The maximum atomic E-state index is 11.0. The van der Waals surface area contributed by atoms with Crippen molar-refractivity contribution in [2.45, 2.75) is 25.7 Å². The Hall–Kier alpha value is -1.95. The summed E-state index contributed by atoms with van der Waals surface area (Å²) in [7, 11) is 0. The number of hydrogen-bond donors (Lipinski definition) is 1. The van der Waals surface area contributed by atoms with Crippen LogP contribution < -0.4 is 4.90 Å². The highest BCUT2D eigenvalue weighted by molar-refractivity contribution is 7.11. The van der Waals surface area contributed by atoms with E-state index in [0.717, 1.165) is 31.7 Å². The van der Waals surface area contributed by atoms with Gasteiger partial charge in [0.05, 0.1) is 5.01 Å². The van der Waals surface area contributed by atoms with Crippen LogP contribution >= 0.6 is 11.3 Å². The van der Waals surface area contributed by atoms with Crippen molar-refractivity contribution in [2.75, 3.05) is 18.0 Å². The van der Waals surface area contributed by atoms with E-state index in [1.807, 2.05) is 12.3 Å². The second kappa shape index (κ2) is 5.81. The lowest BCUT2D eigenvalue weighted by Gasteiger charge is -2.32. The van der Waals surface area contributed by atoms with Crippen molar-refractivity contribution >= 4 is 23.1 Å². The van der Waals surface area contributed by atoms with Gasteiger partial charge in [-0.3, -0.25) is 0 Å². The quantitative estimate of drug-likeness (QED) is 0.944. The van der Waals surface area contributed by atoms with Gasteiger partial charge in [0, 0.05) is 30.1 Å². The molecule has 0 unspecified atom stereocenters. The zero-order valence-corrected chi connectivity index (χ0v) is 12.6. The van der Waals surface area contributed by atoms with Crippen molar-refractivity contribution in [3.8, 4) is 0 Å². The van der Waals surface area contributed by atoms with E-state index in [1.54, 1.807) is 17.4 Å². The Morgan fingerprint density at radius 3 is 2.76 bits per heavy atom. The normalized spacial score (nSPS) is 16.1. The first kappa shape index (κ1) is 14.0. The lowest BCUT2D eigenvalue weighted by atomic mass is 9.97. The summed E-state index contributed by atoms with van der Waals surface area (Å²) in [5.41, 5.74) is 0.102. The van der Waals surface area contributed by atoms with Gasteiger partial charge in [-0.2, -0.15) is 0 Å². The van der Waals surface area contributed by atoms with Crippen LogP contribution in [-0.4, -0.2) is 34.1 Å².